The number of nitriles is 2. The normalized spacial score (nSPS) is 17.1. The second kappa shape index (κ2) is 7.35. The van der Waals surface area contributed by atoms with Crippen molar-refractivity contribution in [2.24, 2.45) is 10.7 Å². The highest BCUT2D eigenvalue weighted by Crippen LogP contribution is 2.35. The second-order valence-electron chi connectivity index (χ2n) is 7.13. The molecule has 152 valence electrons. The zero-order valence-corrected chi connectivity index (χ0v) is 16.3. The lowest BCUT2D eigenvalue weighted by molar-refractivity contribution is 0.102. The summed E-state index contributed by atoms with van der Waals surface area (Å²) >= 11 is 0. The highest BCUT2D eigenvalue weighted by atomic mass is 19.1. The highest BCUT2D eigenvalue weighted by Gasteiger charge is 2.36. The minimum atomic E-state index is -1.12. The van der Waals surface area contributed by atoms with Crippen molar-refractivity contribution in [1.29, 1.82) is 10.5 Å². The van der Waals surface area contributed by atoms with Gasteiger partial charge in [-0.3, -0.25) is 9.79 Å². The van der Waals surface area contributed by atoms with Crippen LogP contribution in [-0.2, 0) is 12.1 Å². The lowest BCUT2D eigenvalue weighted by Gasteiger charge is -2.32. The summed E-state index contributed by atoms with van der Waals surface area (Å²) in [6.45, 7) is 1.84. The molecule has 0 radical (unpaired) electrons. The number of nitrogens with two attached hydrogens (primary N) is 1. The van der Waals surface area contributed by atoms with Gasteiger partial charge in [-0.15, -0.1) is 0 Å². The molecule has 1 amide bonds. The zero-order valence-electron chi connectivity index (χ0n) is 16.3. The van der Waals surface area contributed by atoms with Gasteiger partial charge in [-0.1, -0.05) is 0 Å². The van der Waals surface area contributed by atoms with Crippen LogP contribution in [0.25, 0.3) is 0 Å². The van der Waals surface area contributed by atoms with E-state index in [1.54, 1.807) is 11.5 Å². The molecule has 0 saturated carbocycles. The van der Waals surface area contributed by atoms with E-state index in [1.165, 1.54) is 42.7 Å². The third-order valence-corrected chi connectivity index (χ3v) is 4.96. The molecule has 3 heterocycles. The molecule has 4 rings (SSSR count). The maximum atomic E-state index is 14.8. The number of fused-ring (bicyclic) bond motifs is 1. The minimum Gasteiger partial charge on any atom is -0.381 e. The van der Waals surface area contributed by atoms with Crippen molar-refractivity contribution >= 4 is 17.4 Å². The van der Waals surface area contributed by atoms with E-state index in [2.05, 4.69) is 20.3 Å². The number of hydrogen-bond donors (Lipinski definition) is 2. The van der Waals surface area contributed by atoms with E-state index in [0.29, 0.717) is 17.1 Å². The summed E-state index contributed by atoms with van der Waals surface area (Å²) in [7, 11) is 0. The number of amidine groups is 1. The first-order chi connectivity index (χ1) is 14.8. The number of carbonyl (C=O) groups is 1. The summed E-state index contributed by atoms with van der Waals surface area (Å²) in [5.74, 6) is -0.602. The fraction of sp³-hybridized carbons (Fsp3) is 0.143. The first-order valence-electron chi connectivity index (χ1n) is 9.13. The van der Waals surface area contributed by atoms with Crippen LogP contribution >= 0.6 is 0 Å². The summed E-state index contributed by atoms with van der Waals surface area (Å²) in [5.41, 5.74) is 6.16. The number of nitrogens with zero attached hydrogens (tertiary/aromatic N) is 6. The molecule has 0 saturated heterocycles. The lowest BCUT2D eigenvalue weighted by Crippen LogP contribution is -2.38. The van der Waals surface area contributed by atoms with E-state index < -0.39 is 17.3 Å². The van der Waals surface area contributed by atoms with Crippen molar-refractivity contribution in [2.75, 3.05) is 5.32 Å². The Bertz CT molecular complexity index is 1310. The molecule has 1 aliphatic rings. The molecule has 3 N–H and O–H groups in total. The number of aromatic nitrogens is 3. The smallest absolute Gasteiger partial charge is 0.274 e. The Morgan fingerprint density at radius 1 is 1.23 bits per heavy atom. The number of anilines is 1. The molecule has 0 unspecified atom stereocenters. The summed E-state index contributed by atoms with van der Waals surface area (Å²) in [6, 6.07) is 11.0. The van der Waals surface area contributed by atoms with Crippen LogP contribution in [0.3, 0.4) is 0 Å². The van der Waals surface area contributed by atoms with Crippen molar-refractivity contribution < 1.29 is 9.18 Å². The molecular weight excluding hydrogens is 399 g/mol. The number of halogens is 1. The number of imidazole rings is 1. The Morgan fingerprint density at radius 3 is 2.71 bits per heavy atom. The van der Waals surface area contributed by atoms with Gasteiger partial charge in [-0.2, -0.15) is 10.5 Å². The van der Waals surface area contributed by atoms with Gasteiger partial charge in [0.1, 0.15) is 34.9 Å². The number of nitrogens with one attached hydrogen (secondary N) is 1. The Kier molecular flexibility index (Phi) is 4.68. The van der Waals surface area contributed by atoms with Gasteiger partial charge in [-0.05, 0) is 37.3 Å². The number of rotatable bonds is 3. The molecule has 1 aliphatic heterocycles. The van der Waals surface area contributed by atoms with E-state index >= 15 is 0 Å². The standard InChI is InChI=1S/C21H15FN8O/c1-21(11-30-14(8-24)10-27-19(30)18(25)29-21)15-6-13(3-4-16(15)22)28-20(31)17-5-2-12(7-23)9-26-17/h2-6,9-10H,11H2,1H3,(H2,25,29)(H,28,31)/t21-/m0/s1. The molecule has 31 heavy (non-hydrogen) atoms. The predicted octanol–water partition coefficient (Wildman–Crippen LogP) is 2.05. The van der Waals surface area contributed by atoms with Crippen LogP contribution in [0.2, 0.25) is 0 Å². The summed E-state index contributed by atoms with van der Waals surface area (Å²) in [5, 5.41) is 20.8. The first-order valence-corrected chi connectivity index (χ1v) is 9.13. The number of benzene rings is 1. The number of aliphatic imine (C=N–C) groups is 1. The molecule has 10 heteroatoms. The maximum absolute atomic E-state index is 14.8. The number of hydrogen-bond acceptors (Lipinski definition) is 7. The number of pyridine rings is 1. The zero-order chi connectivity index (χ0) is 22.2. The summed E-state index contributed by atoms with van der Waals surface area (Å²) in [6.07, 6.45) is 2.68. The maximum Gasteiger partial charge on any atom is 0.274 e. The van der Waals surface area contributed by atoms with Gasteiger partial charge >= 0.3 is 0 Å². The van der Waals surface area contributed by atoms with Crippen LogP contribution in [0.1, 0.15) is 40.1 Å². The first kappa shape index (κ1) is 19.7. The van der Waals surface area contributed by atoms with Crippen LogP contribution in [-0.4, -0.2) is 26.3 Å². The molecule has 0 aliphatic carbocycles. The molecule has 3 aromatic rings. The molecular formula is C21H15FN8O. The van der Waals surface area contributed by atoms with Crippen molar-refractivity contribution in [2.45, 2.75) is 19.0 Å². The van der Waals surface area contributed by atoms with Crippen molar-refractivity contribution in [1.82, 2.24) is 14.5 Å². The van der Waals surface area contributed by atoms with E-state index in [0.717, 1.165) is 0 Å². The topological polar surface area (TPSA) is 146 Å². The van der Waals surface area contributed by atoms with Gasteiger partial charge in [0.25, 0.3) is 5.91 Å². The SMILES string of the molecule is C[C@@]1(c2cc(NC(=O)c3ccc(C#N)cn3)ccc2F)Cn2c(C#N)cnc2C(N)=N1. The van der Waals surface area contributed by atoms with E-state index in [4.69, 9.17) is 11.0 Å². The van der Waals surface area contributed by atoms with Gasteiger partial charge in [0, 0.05) is 17.4 Å². The minimum absolute atomic E-state index is 0.0888. The van der Waals surface area contributed by atoms with Crippen molar-refractivity contribution in [3.63, 3.8) is 0 Å². The van der Waals surface area contributed by atoms with Crippen molar-refractivity contribution in [3.8, 4) is 12.1 Å². The Balaban J connectivity index is 1.66. The molecule has 1 aromatic carbocycles. The summed E-state index contributed by atoms with van der Waals surface area (Å²) < 4.78 is 16.4. The van der Waals surface area contributed by atoms with Crippen LogP contribution < -0.4 is 11.1 Å². The van der Waals surface area contributed by atoms with E-state index in [-0.39, 0.29) is 29.3 Å². The van der Waals surface area contributed by atoms with Crippen LogP contribution in [0, 0.1) is 28.5 Å². The van der Waals surface area contributed by atoms with E-state index in [1.807, 2.05) is 12.1 Å². The van der Waals surface area contributed by atoms with E-state index in [9.17, 15) is 14.4 Å². The third kappa shape index (κ3) is 3.47. The molecule has 9 nitrogen and oxygen atoms in total. The lowest BCUT2D eigenvalue weighted by atomic mass is 9.90. The van der Waals surface area contributed by atoms with Crippen molar-refractivity contribution in [3.05, 3.63) is 76.9 Å². The monoisotopic (exact) mass is 414 g/mol. The molecule has 0 bridgehead atoms. The average molecular weight is 414 g/mol. The molecule has 0 spiro atoms. The fourth-order valence-corrected chi connectivity index (χ4v) is 3.44. The largest absolute Gasteiger partial charge is 0.381 e. The van der Waals surface area contributed by atoms with Crippen LogP contribution in [0.5, 0.6) is 0 Å². The Morgan fingerprint density at radius 2 is 2.03 bits per heavy atom. The van der Waals surface area contributed by atoms with Gasteiger partial charge in [0.2, 0.25) is 0 Å². The molecule has 0 fully saturated rings. The fourth-order valence-electron chi connectivity index (χ4n) is 3.44. The second-order valence-corrected chi connectivity index (χ2v) is 7.13. The van der Waals surface area contributed by atoms with Gasteiger partial charge in [0.15, 0.2) is 11.7 Å². The summed E-state index contributed by atoms with van der Waals surface area (Å²) in [4.78, 5) is 25.0. The highest BCUT2D eigenvalue weighted by molar-refractivity contribution is 6.03. The average Bonchev–Trinajstić information content (AvgIpc) is 3.18. The van der Waals surface area contributed by atoms with Gasteiger partial charge in [-0.25, -0.2) is 14.4 Å². The van der Waals surface area contributed by atoms with Crippen LogP contribution in [0.15, 0.2) is 47.7 Å². The Labute approximate surface area is 176 Å². The predicted molar refractivity (Wildman–Crippen MR) is 108 cm³/mol. The molecule has 1 atom stereocenters. The van der Waals surface area contributed by atoms with Gasteiger partial charge in [0.05, 0.1) is 18.3 Å². The Hall–Kier alpha value is -4.57. The van der Waals surface area contributed by atoms with Crippen LogP contribution in [0.4, 0.5) is 10.1 Å². The molecule has 2 aromatic heterocycles. The number of amides is 1. The van der Waals surface area contributed by atoms with Gasteiger partial charge < -0.3 is 15.6 Å². The number of carbonyl (C=O) groups excluding carboxylic acids is 1. The quantitative estimate of drug-likeness (QED) is 0.671. The third-order valence-electron chi connectivity index (χ3n) is 4.96.